The van der Waals surface area contributed by atoms with Crippen LogP contribution >= 0.6 is 11.3 Å². The molecule has 0 atom stereocenters. The van der Waals surface area contributed by atoms with Crippen LogP contribution in [0.4, 0.5) is 0 Å². The molecule has 0 saturated heterocycles. The lowest BCUT2D eigenvalue weighted by atomic mass is 9.67. The van der Waals surface area contributed by atoms with Crippen molar-refractivity contribution in [2.45, 2.75) is 10.8 Å². The molecule has 21 rings (SSSR count). The summed E-state index contributed by atoms with van der Waals surface area (Å²) < 4.78 is 13.6. The minimum atomic E-state index is -0.616. The van der Waals surface area contributed by atoms with Crippen molar-refractivity contribution in [3.05, 3.63) is 372 Å². The average molecular weight is 1250 g/mol. The van der Waals surface area contributed by atoms with E-state index in [1.165, 1.54) is 66.8 Å². The van der Waals surface area contributed by atoms with E-state index in [1.54, 1.807) is 0 Å². The van der Waals surface area contributed by atoms with Crippen LogP contribution in [-0.4, -0.2) is 9.97 Å². The Morgan fingerprint density at radius 1 is 0.237 bits per heavy atom. The van der Waals surface area contributed by atoms with Crippen LogP contribution in [0.25, 0.3) is 153 Å². The zero-order valence-corrected chi connectivity index (χ0v) is 53.1. The molecule has 19 aromatic rings. The molecule has 0 N–H and O–H groups in total. The standard InChI is InChI=1S/C92H54N2O2S/c1-5-25-57(26-6-1)91(58-27-7-2-8-28-58)75-43-17-13-35-69(75)81-71(41-23-45-77(81)91)89-85-86(90(97-89)72-42-24-46-78-82(72)70-36-14-18-44-76(70)92(78,59-29-9-3-10-30-59)60-31-11-4-12-32-60)94-84-66-52-50-56(62-38-22-40-68-64-34-16-20-48-80(64)96-88(62)68)54-74(66)73-53-55(49-51-65(73)83(84)93-85)61-37-21-39-67-63-33-15-19-47-79(63)95-87(61)67/h1-54H. The number of nitrogens with zero attached hydrogens (tertiary/aromatic N) is 2. The van der Waals surface area contributed by atoms with E-state index in [9.17, 15) is 0 Å². The van der Waals surface area contributed by atoms with Crippen LogP contribution in [0.15, 0.2) is 336 Å². The molecule has 0 fully saturated rings. The number of furan rings is 2. The van der Waals surface area contributed by atoms with Gasteiger partial charge < -0.3 is 8.83 Å². The van der Waals surface area contributed by atoms with Gasteiger partial charge in [-0.3, -0.25) is 0 Å². The van der Waals surface area contributed by atoms with E-state index in [2.05, 4.69) is 315 Å². The quantitative estimate of drug-likeness (QED) is 0.142. The first kappa shape index (κ1) is 54.1. The summed E-state index contributed by atoms with van der Waals surface area (Å²) in [5, 5.41) is 8.53. The predicted octanol–water partition coefficient (Wildman–Crippen LogP) is 24.3. The van der Waals surface area contributed by atoms with Gasteiger partial charge in [-0.15, -0.1) is 11.3 Å². The summed E-state index contributed by atoms with van der Waals surface area (Å²) in [7, 11) is 0. The first-order valence-corrected chi connectivity index (χ1v) is 34.1. The van der Waals surface area contributed by atoms with E-state index in [-0.39, 0.29) is 0 Å². The van der Waals surface area contributed by atoms with Crippen molar-refractivity contribution in [3.63, 3.8) is 0 Å². The lowest BCUT2D eigenvalue weighted by molar-refractivity contribution is 0.669. The Balaban J connectivity index is 0.893. The van der Waals surface area contributed by atoms with Crippen molar-refractivity contribution in [2.24, 2.45) is 0 Å². The Labute approximate surface area is 562 Å². The van der Waals surface area contributed by atoms with Crippen LogP contribution in [0.1, 0.15) is 44.5 Å². The first-order valence-electron chi connectivity index (χ1n) is 33.3. The molecule has 0 radical (unpaired) electrons. The van der Waals surface area contributed by atoms with E-state index in [4.69, 9.17) is 18.8 Å². The highest BCUT2D eigenvalue weighted by Crippen LogP contribution is 2.63. The summed E-state index contributed by atoms with van der Waals surface area (Å²) in [6, 6.07) is 120. The van der Waals surface area contributed by atoms with E-state index < -0.39 is 10.8 Å². The van der Waals surface area contributed by atoms with Gasteiger partial charge in [0.05, 0.1) is 31.6 Å². The summed E-state index contributed by atoms with van der Waals surface area (Å²) in [5.41, 5.74) is 26.7. The van der Waals surface area contributed by atoms with Crippen LogP contribution in [0, 0.1) is 0 Å². The van der Waals surface area contributed by atoms with E-state index in [0.717, 1.165) is 131 Å². The molecule has 0 bridgehead atoms. The van der Waals surface area contributed by atoms with Gasteiger partial charge in [-0.05, 0) is 113 Å². The lowest BCUT2D eigenvalue weighted by Gasteiger charge is -2.34. The molecule has 15 aromatic carbocycles. The van der Waals surface area contributed by atoms with Gasteiger partial charge in [0.15, 0.2) is 0 Å². The molecule has 5 heteroatoms. The zero-order chi connectivity index (χ0) is 63.5. The van der Waals surface area contributed by atoms with Gasteiger partial charge in [-0.25, -0.2) is 9.97 Å². The maximum absolute atomic E-state index is 6.78. The third-order valence-electron chi connectivity index (χ3n) is 21.3. The summed E-state index contributed by atoms with van der Waals surface area (Å²) in [6.45, 7) is 0. The summed E-state index contributed by atoms with van der Waals surface area (Å²) in [6.07, 6.45) is 0. The first-order chi connectivity index (χ1) is 48.1. The summed E-state index contributed by atoms with van der Waals surface area (Å²) >= 11 is 1.82. The minimum absolute atomic E-state index is 0.616. The molecule has 0 unspecified atom stereocenters. The molecule has 0 amide bonds. The van der Waals surface area contributed by atoms with E-state index in [0.29, 0.717) is 0 Å². The van der Waals surface area contributed by atoms with Crippen molar-refractivity contribution >= 4 is 98.8 Å². The molecule has 0 saturated carbocycles. The highest BCUT2D eigenvalue weighted by atomic mass is 32.1. The molecular weight excluding hydrogens is 1200 g/mol. The number of rotatable bonds is 8. The molecule has 2 aliphatic carbocycles. The normalized spacial score (nSPS) is 13.5. The van der Waals surface area contributed by atoms with E-state index >= 15 is 0 Å². The molecule has 0 spiro atoms. The second-order valence-electron chi connectivity index (χ2n) is 26.0. The Morgan fingerprint density at radius 2 is 0.567 bits per heavy atom. The van der Waals surface area contributed by atoms with Crippen molar-refractivity contribution in [2.75, 3.05) is 0 Å². The van der Waals surface area contributed by atoms with Gasteiger partial charge >= 0.3 is 0 Å². The SMILES string of the molecule is c1ccc(C2(c3ccccc3)c3ccccc3-c3c(-c4sc(-c5cccc6c5-c5ccccc5C6(c5ccccc5)c5ccccc5)c5nc6c7ccc(-c8cccc9c8oc8ccccc89)cc7c7cc(-c8cccc9c8oc8ccccc89)ccc7c6nc45)cccc32)cc1. The number of aromatic nitrogens is 2. The molecule has 97 heavy (non-hydrogen) atoms. The number of hydrogen-bond donors (Lipinski definition) is 0. The topological polar surface area (TPSA) is 52.1 Å². The Hall–Kier alpha value is -12.3. The molecular formula is C92H54N2O2S. The smallest absolute Gasteiger partial charge is 0.143 e. The maximum Gasteiger partial charge on any atom is 0.143 e. The summed E-state index contributed by atoms with van der Waals surface area (Å²) in [4.78, 5) is 14.6. The number of para-hydroxylation sites is 4. The maximum atomic E-state index is 6.78. The highest BCUT2D eigenvalue weighted by Gasteiger charge is 2.49. The summed E-state index contributed by atoms with van der Waals surface area (Å²) in [5.74, 6) is 0. The van der Waals surface area contributed by atoms with Crippen molar-refractivity contribution in [3.8, 4) is 65.4 Å². The average Bonchev–Trinajstić information content (AvgIpc) is 1.54. The van der Waals surface area contributed by atoms with Gasteiger partial charge in [0, 0.05) is 54.6 Å². The van der Waals surface area contributed by atoms with Crippen LogP contribution < -0.4 is 0 Å². The van der Waals surface area contributed by atoms with Gasteiger partial charge in [0.1, 0.15) is 33.4 Å². The monoisotopic (exact) mass is 1250 g/mol. The fourth-order valence-corrected chi connectivity index (χ4v) is 18.5. The van der Waals surface area contributed by atoms with Gasteiger partial charge in [0.25, 0.3) is 0 Å². The van der Waals surface area contributed by atoms with Crippen molar-refractivity contribution < 1.29 is 8.83 Å². The van der Waals surface area contributed by atoms with Crippen molar-refractivity contribution in [1.82, 2.24) is 9.97 Å². The zero-order valence-electron chi connectivity index (χ0n) is 52.3. The van der Waals surface area contributed by atoms with Crippen LogP contribution in [0.5, 0.6) is 0 Å². The van der Waals surface area contributed by atoms with Crippen LogP contribution in [0.3, 0.4) is 0 Å². The van der Waals surface area contributed by atoms with Crippen LogP contribution in [-0.2, 0) is 10.8 Å². The van der Waals surface area contributed by atoms with Gasteiger partial charge in [0.2, 0.25) is 0 Å². The van der Waals surface area contributed by atoms with Crippen LogP contribution in [0.2, 0.25) is 0 Å². The third-order valence-corrected chi connectivity index (χ3v) is 22.5. The molecule has 4 heterocycles. The highest BCUT2D eigenvalue weighted by molar-refractivity contribution is 7.21. The second-order valence-corrected chi connectivity index (χ2v) is 27.0. The molecule has 4 nitrogen and oxygen atoms in total. The number of fused-ring (bicyclic) bond motifs is 19. The largest absolute Gasteiger partial charge is 0.455 e. The molecule has 4 aromatic heterocycles. The van der Waals surface area contributed by atoms with Crippen molar-refractivity contribution in [1.29, 1.82) is 0 Å². The molecule has 450 valence electrons. The minimum Gasteiger partial charge on any atom is -0.455 e. The Bertz CT molecular complexity index is 6030. The van der Waals surface area contributed by atoms with E-state index in [1.807, 2.05) is 23.5 Å². The lowest BCUT2D eigenvalue weighted by Crippen LogP contribution is -2.28. The number of benzene rings is 15. The van der Waals surface area contributed by atoms with Gasteiger partial charge in [-0.2, -0.15) is 0 Å². The second kappa shape index (κ2) is 20.6. The molecule has 0 aliphatic heterocycles. The number of hydrogen-bond acceptors (Lipinski definition) is 5. The molecule has 2 aliphatic rings. The predicted molar refractivity (Wildman–Crippen MR) is 401 cm³/mol. The fourth-order valence-electron chi connectivity index (χ4n) is 17.3. The number of thiophene rings is 1. The Kier molecular flexibility index (Phi) is 11.5. The Morgan fingerprint density at radius 3 is 0.990 bits per heavy atom. The fraction of sp³-hybridized carbons (Fsp3) is 0.0217. The van der Waals surface area contributed by atoms with Gasteiger partial charge in [-0.1, -0.05) is 303 Å². The third kappa shape index (κ3) is 7.46.